The van der Waals surface area contributed by atoms with Crippen molar-refractivity contribution in [1.82, 2.24) is 35.1 Å². The summed E-state index contributed by atoms with van der Waals surface area (Å²) in [6, 6.07) is 9.62. The number of aliphatic hydroxyl groups excluding tert-OH is 1. The Kier molecular flexibility index (Phi) is 5.53. The average molecular weight is 498 g/mol. The first kappa shape index (κ1) is 22.7. The van der Waals surface area contributed by atoms with E-state index in [1.54, 1.807) is 36.7 Å². The van der Waals surface area contributed by atoms with Gasteiger partial charge < -0.3 is 15.4 Å². The number of aromatic amines is 2. The van der Waals surface area contributed by atoms with Crippen LogP contribution in [-0.4, -0.2) is 46.5 Å². The number of rotatable bonds is 6. The zero-order valence-corrected chi connectivity index (χ0v) is 19.5. The maximum atomic E-state index is 15.9. The van der Waals surface area contributed by atoms with Crippen molar-refractivity contribution in [3.63, 3.8) is 0 Å². The van der Waals surface area contributed by atoms with Crippen molar-refractivity contribution in [2.45, 2.75) is 19.6 Å². The van der Waals surface area contributed by atoms with Gasteiger partial charge in [0.15, 0.2) is 17.1 Å². The predicted molar refractivity (Wildman–Crippen MR) is 135 cm³/mol. The van der Waals surface area contributed by atoms with Crippen molar-refractivity contribution in [2.75, 3.05) is 5.32 Å². The van der Waals surface area contributed by atoms with Crippen molar-refractivity contribution >= 4 is 27.9 Å². The molecule has 6 rings (SSSR count). The molecule has 0 bridgehead atoms. The standard InChI is InChI=1S/C26H20F2N8O/c1-2-19(37)32-16-9-14(10-29-11-16)18-12-31-24-20(21(18)28)23(35-36-24)26-33-22-17(6-7-30-25(22)34-26)13-4-3-5-15(27)8-13/h3-12,19,32,37H,2H2,1H3,(H,30,33,34)(H,31,35,36). The van der Waals surface area contributed by atoms with Gasteiger partial charge in [0.05, 0.1) is 17.3 Å². The number of H-pyrrole nitrogens is 2. The molecule has 0 aliphatic heterocycles. The Hall–Kier alpha value is -4.77. The highest BCUT2D eigenvalue weighted by Gasteiger charge is 2.22. The van der Waals surface area contributed by atoms with E-state index in [9.17, 15) is 9.50 Å². The Balaban J connectivity index is 1.47. The summed E-state index contributed by atoms with van der Waals surface area (Å²) in [5.74, 6) is -0.632. The van der Waals surface area contributed by atoms with E-state index in [0.29, 0.717) is 40.0 Å². The number of pyridine rings is 3. The number of halogens is 2. The summed E-state index contributed by atoms with van der Waals surface area (Å²) in [4.78, 5) is 20.6. The number of aromatic nitrogens is 7. The van der Waals surface area contributed by atoms with Gasteiger partial charge in [0.2, 0.25) is 0 Å². The highest BCUT2D eigenvalue weighted by molar-refractivity contribution is 5.96. The average Bonchev–Trinajstić information content (AvgIpc) is 3.53. The third kappa shape index (κ3) is 4.04. The number of nitrogens with zero attached hydrogens (tertiary/aromatic N) is 5. The topological polar surface area (TPSA) is 128 Å². The molecular formula is C26H20F2N8O. The fraction of sp³-hybridized carbons (Fsp3) is 0.115. The van der Waals surface area contributed by atoms with E-state index < -0.39 is 12.0 Å². The van der Waals surface area contributed by atoms with Gasteiger partial charge in [-0.05, 0) is 36.2 Å². The molecule has 1 aromatic carbocycles. The van der Waals surface area contributed by atoms with Gasteiger partial charge >= 0.3 is 0 Å². The molecule has 0 saturated heterocycles. The van der Waals surface area contributed by atoms with E-state index in [4.69, 9.17) is 0 Å². The summed E-state index contributed by atoms with van der Waals surface area (Å²) in [5.41, 5.74) is 3.99. The highest BCUT2D eigenvalue weighted by Crippen LogP contribution is 2.34. The van der Waals surface area contributed by atoms with Crippen LogP contribution in [0.1, 0.15) is 13.3 Å². The summed E-state index contributed by atoms with van der Waals surface area (Å²) in [6.45, 7) is 1.83. The van der Waals surface area contributed by atoms with Crippen LogP contribution in [0.25, 0.3) is 56.0 Å². The Labute approximate surface area is 208 Å². The summed E-state index contributed by atoms with van der Waals surface area (Å²) < 4.78 is 29.8. The van der Waals surface area contributed by atoms with E-state index in [2.05, 4.69) is 40.4 Å². The monoisotopic (exact) mass is 498 g/mol. The molecule has 9 nitrogen and oxygen atoms in total. The fourth-order valence-electron chi connectivity index (χ4n) is 4.20. The van der Waals surface area contributed by atoms with E-state index >= 15 is 4.39 Å². The van der Waals surface area contributed by atoms with Crippen LogP contribution in [0.5, 0.6) is 0 Å². The lowest BCUT2D eigenvalue weighted by Crippen LogP contribution is -2.17. The molecule has 37 heavy (non-hydrogen) atoms. The minimum absolute atomic E-state index is 0.149. The SMILES string of the molecule is CCC(O)Nc1cncc(-c2cnc3[nH]nc(-c4nc5c(-c6cccc(F)c6)ccnc5[nH]4)c3c2F)c1. The molecule has 4 N–H and O–H groups in total. The zero-order valence-electron chi connectivity index (χ0n) is 19.5. The number of benzene rings is 1. The lowest BCUT2D eigenvalue weighted by Gasteiger charge is -2.12. The van der Waals surface area contributed by atoms with Crippen LogP contribution >= 0.6 is 0 Å². The molecule has 1 atom stereocenters. The molecule has 1 unspecified atom stereocenters. The Morgan fingerprint density at radius 3 is 2.73 bits per heavy atom. The molecule has 0 aliphatic rings. The molecule has 0 radical (unpaired) electrons. The molecule has 5 heterocycles. The molecule has 184 valence electrons. The summed E-state index contributed by atoms with van der Waals surface area (Å²) in [5, 5.41) is 20.0. The second kappa shape index (κ2) is 9.03. The van der Waals surface area contributed by atoms with Crippen molar-refractivity contribution < 1.29 is 13.9 Å². The smallest absolute Gasteiger partial charge is 0.161 e. The summed E-state index contributed by atoms with van der Waals surface area (Å²) in [7, 11) is 0. The molecule has 11 heteroatoms. The number of anilines is 1. The van der Waals surface area contributed by atoms with Crippen LogP contribution in [-0.2, 0) is 0 Å². The third-order valence-electron chi connectivity index (χ3n) is 6.04. The van der Waals surface area contributed by atoms with E-state index in [-0.39, 0.29) is 33.9 Å². The molecule has 6 aromatic rings. The quantitative estimate of drug-likeness (QED) is 0.237. The Bertz CT molecular complexity index is 1760. The first-order chi connectivity index (χ1) is 18.0. The lowest BCUT2D eigenvalue weighted by molar-refractivity contribution is 0.199. The molecule has 0 aliphatic carbocycles. The van der Waals surface area contributed by atoms with Gasteiger partial charge in [-0.15, -0.1) is 0 Å². The third-order valence-corrected chi connectivity index (χ3v) is 6.04. The predicted octanol–water partition coefficient (Wildman–Crippen LogP) is 5.04. The maximum absolute atomic E-state index is 15.9. The van der Waals surface area contributed by atoms with Crippen molar-refractivity contribution in [2.24, 2.45) is 0 Å². The molecule has 0 fully saturated rings. The molecule has 0 amide bonds. The van der Waals surface area contributed by atoms with Crippen molar-refractivity contribution in [1.29, 1.82) is 0 Å². The maximum Gasteiger partial charge on any atom is 0.161 e. The van der Waals surface area contributed by atoms with E-state index in [0.717, 1.165) is 0 Å². The molecule has 5 aromatic heterocycles. The Morgan fingerprint density at radius 1 is 1.00 bits per heavy atom. The van der Waals surface area contributed by atoms with Gasteiger partial charge in [0.1, 0.15) is 29.1 Å². The first-order valence-electron chi connectivity index (χ1n) is 11.6. The number of hydrogen-bond donors (Lipinski definition) is 4. The van der Waals surface area contributed by atoms with E-state index in [1.807, 2.05) is 6.92 Å². The number of nitrogens with one attached hydrogen (secondary N) is 3. The fourth-order valence-corrected chi connectivity index (χ4v) is 4.20. The van der Waals surface area contributed by atoms with E-state index in [1.165, 1.54) is 24.5 Å². The normalized spacial score (nSPS) is 12.3. The molecule has 0 saturated carbocycles. The Morgan fingerprint density at radius 2 is 1.89 bits per heavy atom. The van der Waals surface area contributed by atoms with Crippen LogP contribution in [0.3, 0.4) is 0 Å². The number of aliphatic hydroxyl groups is 1. The highest BCUT2D eigenvalue weighted by atomic mass is 19.1. The lowest BCUT2D eigenvalue weighted by atomic mass is 10.1. The molecular weight excluding hydrogens is 478 g/mol. The second-order valence-electron chi connectivity index (χ2n) is 8.46. The minimum Gasteiger partial charge on any atom is -0.374 e. The number of hydrogen-bond acceptors (Lipinski definition) is 7. The van der Waals surface area contributed by atoms with Crippen LogP contribution in [0.15, 0.2) is 61.2 Å². The van der Waals surface area contributed by atoms with Crippen molar-refractivity contribution in [3.05, 3.63) is 72.8 Å². The van der Waals surface area contributed by atoms with Gasteiger partial charge in [-0.25, -0.2) is 23.7 Å². The van der Waals surface area contributed by atoms with Crippen LogP contribution < -0.4 is 5.32 Å². The minimum atomic E-state index is -0.748. The second-order valence-corrected chi connectivity index (χ2v) is 8.46. The van der Waals surface area contributed by atoms with Crippen LogP contribution in [0.4, 0.5) is 14.5 Å². The summed E-state index contributed by atoms with van der Waals surface area (Å²) in [6.07, 6.45) is 5.81. The molecule has 0 spiro atoms. The zero-order chi connectivity index (χ0) is 25.5. The van der Waals surface area contributed by atoms with Crippen molar-refractivity contribution in [3.8, 4) is 33.8 Å². The van der Waals surface area contributed by atoms with Gasteiger partial charge in [0, 0.05) is 35.3 Å². The first-order valence-corrected chi connectivity index (χ1v) is 11.6. The van der Waals surface area contributed by atoms with Crippen LogP contribution in [0.2, 0.25) is 0 Å². The van der Waals surface area contributed by atoms with Gasteiger partial charge in [0.25, 0.3) is 0 Å². The van der Waals surface area contributed by atoms with Gasteiger partial charge in [-0.2, -0.15) is 5.10 Å². The van der Waals surface area contributed by atoms with Gasteiger partial charge in [-0.1, -0.05) is 19.1 Å². The number of imidazole rings is 1. The summed E-state index contributed by atoms with van der Waals surface area (Å²) >= 11 is 0. The van der Waals surface area contributed by atoms with Crippen LogP contribution in [0, 0.1) is 11.6 Å². The largest absolute Gasteiger partial charge is 0.374 e. The number of fused-ring (bicyclic) bond motifs is 2. The van der Waals surface area contributed by atoms with Gasteiger partial charge in [-0.3, -0.25) is 10.1 Å².